The zero-order valence-corrected chi connectivity index (χ0v) is 10.8. The van der Waals surface area contributed by atoms with E-state index in [1.54, 1.807) is 4.68 Å². The maximum atomic E-state index is 12.4. The average molecular weight is 267 g/mol. The molecule has 6 nitrogen and oxygen atoms in total. The van der Waals surface area contributed by atoms with Crippen molar-refractivity contribution in [3.05, 3.63) is 47.2 Å². The molecular formula is C14H13N5O. The Balaban J connectivity index is 1.93. The molecule has 2 aromatic rings. The minimum atomic E-state index is -0.217. The normalized spacial score (nSPS) is 21.2. The second-order valence-corrected chi connectivity index (χ2v) is 5.05. The van der Waals surface area contributed by atoms with E-state index in [1.807, 2.05) is 30.3 Å². The molecule has 1 aliphatic heterocycles. The number of aromatic nitrogens is 4. The first-order valence-electron chi connectivity index (χ1n) is 6.70. The van der Waals surface area contributed by atoms with Gasteiger partial charge >= 0.3 is 0 Å². The minimum absolute atomic E-state index is 0.189. The second kappa shape index (κ2) is 4.26. The molecule has 0 bridgehead atoms. The summed E-state index contributed by atoms with van der Waals surface area (Å²) in [6.45, 7) is 0. The molecule has 1 aliphatic carbocycles. The van der Waals surface area contributed by atoms with Crippen LogP contribution in [-0.2, 0) is 4.79 Å². The number of nitrogens with one attached hydrogen (secondary N) is 1. The van der Waals surface area contributed by atoms with Crippen LogP contribution < -0.4 is 5.32 Å². The highest BCUT2D eigenvalue weighted by Crippen LogP contribution is 2.38. The number of anilines is 1. The molecule has 1 atom stereocenters. The summed E-state index contributed by atoms with van der Waals surface area (Å²) in [7, 11) is 0. The van der Waals surface area contributed by atoms with Crippen molar-refractivity contribution in [3.63, 3.8) is 0 Å². The number of tetrazole rings is 1. The van der Waals surface area contributed by atoms with Crippen molar-refractivity contribution >= 4 is 11.7 Å². The van der Waals surface area contributed by atoms with Gasteiger partial charge in [-0.2, -0.15) is 4.68 Å². The van der Waals surface area contributed by atoms with Gasteiger partial charge < -0.3 is 5.32 Å². The van der Waals surface area contributed by atoms with Gasteiger partial charge in [0.1, 0.15) is 6.04 Å². The van der Waals surface area contributed by atoms with Crippen molar-refractivity contribution in [2.75, 3.05) is 5.32 Å². The van der Waals surface area contributed by atoms with Crippen LogP contribution in [0, 0.1) is 0 Å². The number of carbonyl (C=O) groups excluding carboxylic acids is 1. The lowest BCUT2D eigenvalue weighted by molar-refractivity contribution is -0.116. The van der Waals surface area contributed by atoms with E-state index >= 15 is 0 Å². The third-order valence-corrected chi connectivity index (χ3v) is 3.84. The Morgan fingerprint density at radius 3 is 2.90 bits per heavy atom. The summed E-state index contributed by atoms with van der Waals surface area (Å²) in [4.78, 5) is 12.4. The van der Waals surface area contributed by atoms with Crippen molar-refractivity contribution in [2.24, 2.45) is 0 Å². The lowest BCUT2D eigenvalue weighted by Gasteiger charge is -2.31. The number of ketones is 1. The summed E-state index contributed by atoms with van der Waals surface area (Å²) >= 11 is 0. The Morgan fingerprint density at radius 1 is 1.20 bits per heavy atom. The summed E-state index contributed by atoms with van der Waals surface area (Å²) in [5, 5.41) is 15.0. The van der Waals surface area contributed by atoms with Crippen molar-refractivity contribution in [2.45, 2.75) is 25.3 Å². The van der Waals surface area contributed by atoms with Gasteiger partial charge in [0, 0.05) is 17.7 Å². The molecule has 0 amide bonds. The van der Waals surface area contributed by atoms with E-state index in [1.165, 1.54) is 0 Å². The van der Waals surface area contributed by atoms with Gasteiger partial charge in [-0.25, -0.2) is 0 Å². The molecule has 1 aromatic heterocycles. The smallest absolute Gasteiger partial charge is 0.248 e. The number of Topliss-reactive ketones (excluding diaryl/α,β-unsaturated/α-hetero) is 1. The van der Waals surface area contributed by atoms with Crippen LogP contribution >= 0.6 is 0 Å². The second-order valence-electron chi connectivity index (χ2n) is 5.05. The van der Waals surface area contributed by atoms with E-state index < -0.39 is 0 Å². The molecule has 0 spiro atoms. The van der Waals surface area contributed by atoms with Crippen molar-refractivity contribution in [3.8, 4) is 0 Å². The van der Waals surface area contributed by atoms with E-state index in [9.17, 15) is 4.79 Å². The van der Waals surface area contributed by atoms with Gasteiger partial charge in [0.2, 0.25) is 5.95 Å². The quantitative estimate of drug-likeness (QED) is 0.851. The van der Waals surface area contributed by atoms with Crippen LogP contribution in [0.4, 0.5) is 5.95 Å². The SMILES string of the molecule is O=C1CCCC2=C1[C@@H](c1ccccc1)n1nnnc1N2. The van der Waals surface area contributed by atoms with Crippen LogP contribution in [0.1, 0.15) is 30.9 Å². The molecule has 0 fully saturated rings. The van der Waals surface area contributed by atoms with Crippen LogP contribution in [0.15, 0.2) is 41.6 Å². The number of nitrogens with zero attached hydrogens (tertiary/aromatic N) is 4. The summed E-state index contributed by atoms with van der Waals surface area (Å²) in [5.41, 5.74) is 2.81. The molecule has 2 heterocycles. The largest absolute Gasteiger partial charge is 0.326 e. The van der Waals surface area contributed by atoms with Crippen LogP contribution in [0.5, 0.6) is 0 Å². The number of rotatable bonds is 1. The topological polar surface area (TPSA) is 72.7 Å². The monoisotopic (exact) mass is 267 g/mol. The summed E-state index contributed by atoms with van der Waals surface area (Å²) < 4.78 is 1.69. The molecular weight excluding hydrogens is 254 g/mol. The Bertz CT molecular complexity index is 703. The first-order valence-corrected chi connectivity index (χ1v) is 6.70. The number of fused-ring (bicyclic) bond motifs is 1. The molecule has 2 aliphatic rings. The van der Waals surface area contributed by atoms with E-state index in [2.05, 4.69) is 20.8 Å². The molecule has 1 aromatic carbocycles. The van der Waals surface area contributed by atoms with Crippen LogP contribution in [0.2, 0.25) is 0 Å². The van der Waals surface area contributed by atoms with Gasteiger partial charge in [-0.1, -0.05) is 35.4 Å². The third kappa shape index (κ3) is 1.57. The molecule has 20 heavy (non-hydrogen) atoms. The maximum absolute atomic E-state index is 12.4. The zero-order chi connectivity index (χ0) is 13.5. The maximum Gasteiger partial charge on any atom is 0.248 e. The van der Waals surface area contributed by atoms with Crippen molar-refractivity contribution < 1.29 is 4.79 Å². The number of allylic oxidation sites excluding steroid dienone is 2. The fourth-order valence-electron chi connectivity index (χ4n) is 2.96. The lowest BCUT2D eigenvalue weighted by Crippen LogP contribution is -2.31. The molecule has 0 saturated heterocycles. The van der Waals surface area contributed by atoms with Gasteiger partial charge in [0.05, 0.1) is 0 Å². The number of carbonyl (C=O) groups is 1. The molecule has 1 N–H and O–H groups in total. The predicted octanol–water partition coefficient (Wildman–Crippen LogP) is 1.70. The molecule has 4 rings (SSSR count). The Morgan fingerprint density at radius 2 is 2.05 bits per heavy atom. The third-order valence-electron chi connectivity index (χ3n) is 3.84. The molecule has 0 radical (unpaired) electrons. The van der Waals surface area contributed by atoms with E-state index in [0.29, 0.717) is 12.4 Å². The molecule has 100 valence electrons. The zero-order valence-electron chi connectivity index (χ0n) is 10.8. The number of benzene rings is 1. The van der Waals surface area contributed by atoms with Gasteiger partial charge in [-0.3, -0.25) is 4.79 Å². The number of hydrogen-bond acceptors (Lipinski definition) is 5. The standard InChI is InChI=1S/C14H13N5O/c20-11-8-4-7-10-12(11)13(9-5-2-1-3-6-9)19-14(15-10)16-17-18-19/h1-3,5-6,13H,4,7-8H2,(H,15,16,18)/t13-/m1/s1. The van der Waals surface area contributed by atoms with Gasteiger partial charge in [-0.15, -0.1) is 0 Å². The highest BCUT2D eigenvalue weighted by Gasteiger charge is 2.36. The fraction of sp³-hybridized carbons (Fsp3) is 0.286. The Labute approximate surface area is 115 Å². The molecule has 6 heteroatoms. The Hall–Kier alpha value is -2.50. The highest BCUT2D eigenvalue weighted by molar-refractivity contribution is 5.99. The van der Waals surface area contributed by atoms with Gasteiger partial charge in [0.15, 0.2) is 5.78 Å². The first kappa shape index (κ1) is 11.3. The average Bonchev–Trinajstić information content (AvgIpc) is 2.94. The van der Waals surface area contributed by atoms with Gasteiger partial charge in [-0.05, 0) is 28.8 Å². The van der Waals surface area contributed by atoms with Crippen molar-refractivity contribution in [1.29, 1.82) is 0 Å². The van der Waals surface area contributed by atoms with E-state index in [-0.39, 0.29) is 11.8 Å². The number of hydrogen-bond donors (Lipinski definition) is 1. The Kier molecular flexibility index (Phi) is 2.42. The summed E-state index contributed by atoms with van der Waals surface area (Å²) in [6, 6.07) is 9.69. The predicted molar refractivity (Wildman–Crippen MR) is 71.9 cm³/mol. The summed E-state index contributed by atoms with van der Waals surface area (Å²) in [5.74, 6) is 0.793. The first-order chi connectivity index (χ1) is 9.84. The lowest BCUT2D eigenvalue weighted by atomic mass is 9.85. The fourth-order valence-corrected chi connectivity index (χ4v) is 2.96. The van der Waals surface area contributed by atoms with E-state index in [4.69, 9.17) is 0 Å². The van der Waals surface area contributed by atoms with Crippen LogP contribution in [0.25, 0.3) is 0 Å². The molecule has 0 saturated carbocycles. The van der Waals surface area contributed by atoms with Crippen LogP contribution in [0.3, 0.4) is 0 Å². The summed E-state index contributed by atoms with van der Waals surface area (Å²) in [6.07, 6.45) is 2.35. The minimum Gasteiger partial charge on any atom is -0.326 e. The highest BCUT2D eigenvalue weighted by atomic mass is 16.1. The van der Waals surface area contributed by atoms with Crippen LogP contribution in [-0.4, -0.2) is 26.0 Å². The molecule has 0 unspecified atom stereocenters. The van der Waals surface area contributed by atoms with Gasteiger partial charge in [0.25, 0.3) is 0 Å². The van der Waals surface area contributed by atoms with Crippen molar-refractivity contribution in [1.82, 2.24) is 20.2 Å². The van der Waals surface area contributed by atoms with E-state index in [0.717, 1.165) is 29.7 Å².